The van der Waals surface area contributed by atoms with Gasteiger partial charge in [0.1, 0.15) is 0 Å². The predicted molar refractivity (Wildman–Crippen MR) is 113 cm³/mol. The van der Waals surface area contributed by atoms with Crippen molar-refractivity contribution in [2.45, 2.75) is 32.7 Å². The molecule has 1 fully saturated rings. The van der Waals surface area contributed by atoms with Crippen LogP contribution in [0.25, 0.3) is 0 Å². The molecule has 0 saturated carbocycles. The summed E-state index contributed by atoms with van der Waals surface area (Å²) in [5.74, 6) is 0.354. The Labute approximate surface area is 166 Å². The molecule has 1 heterocycles. The van der Waals surface area contributed by atoms with Crippen molar-refractivity contribution >= 4 is 23.4 Å². The van der Waals surface area contributed by atoms with Crippen LogP contribution in [0.5, 0.6) is 0 Å². The molecule has 148 valence electrons. The molecular formula is C22H28N4O2. The number of carbonyl (C=O) groups is 2. The van der Waals surface area contributed by atoms with Gasteiger partial charge >= 0.3 is 12.1 Å². The smallest absolute Gasteiger partial charge is 0.321 e. The summed E-state index contributed by atoms with van der Waals surface area (Å²) in [6.07, 6.45) is 1.96. The molecule has 1 aliphatic heterocycles. The van der Waals surface area contributed by atoms with Crippen molar-refractivity contribution in [3.8, 4) is 0 Å². The summed E-state index contributed by atoms with van der Waals surface area (Å²) in [5, 5.41) is 8.84. The lowest BCUT2D eigenvalue weighted by Crippen LogP contribution is -2.36. The van der Waals surface area contributed by atoms with Gasteiger partial charge in [0, 0.05) is 24.5 Å². The predicted octanol–water partition coefficient (Wildman–Crippen LogP) is 4.52. The number of nitrogens with zero attached hydrogens (tertiary/aromatic N) is 1. The number of hydrogen-bond acceptors (Lipinski definition) is 2. The van der Waals surface area contributed by atoms with E-state index in [4.69, 9.17) is 0 Å². The number of benzene rings is 2. The van der Waals surface area contributed by atoms with E-state index < -0.39 is 0 Å². The summed E-state index contributed by atoms with van der Waals surface area (Å²) in [7, 11) is 0. The van der Waals surface area contributed by atoms with Gasteiger partial charge in [0.25, 0.3) is 0 Å². The van der Waals surface area contributed by atoms with E-state index in [-0.39, 0.29) is 18.1 Å². The van der Waals surface area contributed by atoms with E-state index in [0.717, 1.165) is 24.1 Å². The lowest BCUT2D eigenvalue weighted by atomic mass is 9.89. The zero-order chi connectivity index (χ0) is 19.9. The average Bonchev–Trinajstić information content (AvgIpc) is 3.15. The molecule has 3 rings (SSSR count). The highest BCUT2D eigenvalue weighted by Crippen LogP contribution is 2.27. The van der Waals surface area contributed by atoms with Crippen LogP contribution in [0.4, 0.5) is 21.0 Å². The summed E-state index contributed by atoms with van der Waals surface area (Å²) in [6, 6.07) is 17.0. The monoisotopic (exact) mass is 380 g/mol. The van der Waals surface area contributed by atoms with Crippen molar-refractivity contribution < 1.29 is 9.59 Å². The molecule has 1 atom stereocenters. The van der Waals surface area contributed by atoms with Gasteiger partial charge in [0.05, 0.1) is 6.04 Å². The van der Waals surface area contributed by atoms with Crippen LogP contribution in [0.3, 0.4) is 0 Å². The quantitative estimate of drug-likeness (QED) is 0.661. The fraction of sp³-hybridized carbons (Fsp3) is 0.364. The molecule has 1 aliphatic rings. The van der Waals surface area contributed by atoms with Crippen LogP contribution in [0, 0.1) is 5.92 Å². The Morgan fingerprint density at radius 1 is 1.11 bits per heavy atom. The van der Waals surface area contributed by atoms with Crippen LogP contribution >= 0.6 is 0 Å². The minimum absolute atomic E-state index is 0.0521. The van der Waals surface area contributed by atoms with Gasteiger partial charge in [0.15, 0.2) is 0 Å². The van der Waals surface area contributed by atoms with E-state index in [1.807, 2.05) is 42.5 Å². The normalized spacial score (nSPS) is 14.7. The summed E-state index contributed by atoms with van der Waals surface area (Å²) in [5.41, 5.74) is 2.53. The Bertz CT molecular complexity index is 805. The highest BCUT2D eigenvalue weighted by molar-refractivity contribution is 5.95. The zero-order valence-electron chi connectivity index (χ0n) is 16.4. The third-order valence-corrected chi connectivity index (χ3v) is 5.24. The Morgan fingerprint density at radius 3 is 2.50 bits per heavy atom. The molecule has 4 amide bonds. The highest BCUT2D eigenvalue weighted by atomic mass is 16.2. The highest BCUT2D eigenvalue weighted by Gasteiger charge is 2.23. The molecule has 6 heteroatoms. The number of anilines is 2. The molecule has 1 saturated heterocycles. The summed E-state index contributed by atoms with van der Waals surface area (Å²) >= 11 is 0. The van der Waals surface area contributed by atoms with Crippen molar-refractivity contribution in [3.05, 3.63) is 60.2 Å². The lowest BCUT2D eigenvalue weighted by Gasteiger charge is -2.27. The van der Waals surface area contributed by atoms with Crippen molar-refractivity contribution in [3.63, 3.8) is 0 Å². The van der Waals surface area contributed by atoms with Gasteiger partial charge in [0.2, 0.25) is 0 Å². The van der Waals surface area contributed by atoms with Crippen LogP contribution in [0.15, 0.2) is 54.6 Å². The van der Waals surface area contributed by atoms with E-state index in [0.29, 0.717) is 24.7 Å². The maximum Gasteiger partial charge on any atom is 0.321 e. The van der Waals surface area contributed by atoms with E-state index in [1.54, 1.807) is 4.90 Å². The van der Waals surface area contributed by atoms with Gasteiger partial charge in [-0.25, -0.2) is 9.59 Å². The second-order valence-electron chi connectivity index (χ2n) is 7.00. The molecule has 0 radical (unpaired) electrons. The molecule has 1 unspecified atom stereocenters. The van der Waals surface area contributed by atoms with Crippen LogP contribution < -0.4 is 20.9 Å². The Kier molecular flexibility index (Phi) is 6.53. The molecule has 2 aromatic carbocycles. The Hall–Kier alpha value is -3.02. The van der Waals surface area contributed by atoms with E-state index in [2.05, 4.69) is 41.9 Å². The van der Waals surface area contributed by atoms with E-state index in [1.165, 1.54) is 0 Å². The van der Waals surface area contributed by atoms with Gasteiger partial charge in [-0.05, 0) is 29.7 Å². The zero-order valence-corrected chi connectivity index (χ0v) is 16.4. The van der Waals surface area contributed by atoms with Gasteiger partial charge < -0.3 is 16.0 Å². The van der Waals surface area contributed by atoms with Gasteiger partial charge in [-0.2, -0.15) is 0 Å². The number of hydrogen-bond donors (Lipinski definition) is 3. The molecule has 28 heavy (non-hydrogen) atoms. The fourth-order valence-corrected chi connectivity index (χ4v) is 3.67. The molecular weight excluding hydrogens is 352 g/mol. The lowest BCUT2D eigenvalue weighted by molar-refractivity contribution is 0.241. The molecule has 2 aromatic rings. The average molecular weight is 380 g/mol. The molecule has 0 spiro atoms. The van der Waals surface area contributed by atoms with Crippen molar-refractivity contribution in [1.29, 1.82) is 0 Å². The van der Waals surface area contributed by atoms with Gasteiger partial charge in [-0.3, -0.25) is 4.90 Å². The summed E-state index contributed by atoms with van der Waals surface area (Å²) < 4.78 is 0. The maximum absolute atomic E-state index is 12.7. The van der Waals surface area contributed by atoms with E-state index in [9.17, 15) is 9.59 Å². The molecule has 0 aromatic heterocycles. The van der Waals surface area contributed by atoms with Crippen LogP contribution in [0.1, 0.15) is 38.3 Å². The fourth-order valence-electron chi connectivity index (χ4n) is 3.67. The van der Waals surface area contributed by atoms with Gasteiger partial charge in [-0.15, -0.1) is 0 Å². The first kappa shape index (κ1) is 19.7. The third kappa shape index (κ3) is 4.63. The summed E-state index contributed by atoms with van der Waals surface area (Å²) in [4.78, 5) is 26.2. The SMILES string of the molecule is CCC(CC)C(NC(=O)Nc1cccc(N2CCNC2=O)c1)c1ccccc1. The first-order valence-electron chi connectivity index (χ1n) is 9.90. The maximum atomic E-state index is 12.7. The number of nitrogens with one attached hydrogen (secondary N) is 3. The second-order valence-corrected chi connectivity index (χ2v) is 7.00. The third-order valence-electron chi connectivity index (χ3n) is 5.24. The number of urea groups is 2. The van der Waals surface area contributed by atoms with E-state index >= 15 is 0 Å². The largest absolute Gasteiger partial charge is 0.336 e. The molecule has 0 bridgehead atoms. The van der Waals surface area contributed by atoms with Crippen LogP contribution in [0.2, 0.25) is 0 Å². The molecule has 6 nitrogen and oxygen atoms in total. The minimum atomic E-state index is -0.247. The minimum Gasteiger partial charge on any atom is -0.336 e. The number of amides is 4. The van der Waals surface area contributed by atoms with Crippen molar-refractivity contribution in [2.75, 3.05) is 23.3 Å². The molecule has 3 N–H and O–H groups in total. The van der Waals surface area contributed by atoms with Crippen LogP contribution in [-0.2, 0) is 0 Å². The second kappa shape index (κ2) is 9.26. The first-order chi connectivity index (χ1) is 13.6. The van der Waals surface area contributed by atoms with Crippen molar-refractivity contribution in [2.24, 2.45) is 5.92 Å². The standard InChI is InChI=1S/C22H28N4O2/c1-3-16(4-2)20(17-9-6-5-7-10-17)25-21(27)24-18-11-8-12-19(15-18)26-14-13-23-22(26)28/h5-12,15-16,20H,3-4,13-14H2,1-2H3,(H,23,28)(H2,24,25,27). The Morgan fingerprint density at radius 2 is 1.86 bits per heavy atom. The topological polar surface area (TPSA) is 73.5 Å². The number of rotatable bonds is 7. The first-order valence-corrected chi connectivity index (χ1v) is 9.90. The van der Waals surface area contributed by atoms with Crippen LogP contribution in [-0.4, -0.2) is 25.2 Å². The van der Waals surface area contributed by atoms with Crippen molar-refractivity contribution in [1.82, 2.24) is 10.6 Å². The molecule has 0 aliphatic carbocycles. The Balaban J connectivity index is 1.72. The summed E-state index contributed by atoms with van der Waals surface area (Å²) in [6.45, 7) is 5.55. The van der Waals surface area contributed by atoms with Gasteiger partial charge in [-0.1, -0.05) is 63.1 Å². The number of carbonyl (C=O) groups excluding carboxylic acids is 2.